The minimum atomic E-state index is -0.758. The lowest BCUT2D eigenvalue weighted by Crippen LogP contribution is -2.21. The zero-order valence-corrected chi connectivity index (χ0v) is 13.5. The highest BCUT2D eigenvalue weighted by Gasteiger charge is 2.21. The molecular formula is C17H17FN2O4. The number of hydrogen-bond donors (Lipinski definition) is 2. The molecule has 1 aromatic carbocycles. The Bertz CT molecular complexity index is 811. The van der Waals surface area contributed by atoms with Crippen molar-refractivity contribution >= 4 is 23.3 Å². The molecule has 0 spiro atoms. The van der Waals surface area contributed by atoms with E-state index in [4.69, 9.17) is 4.74 Å². The van der Waals surface area contributed by atoms with Crippen LogP contribution < -0.4 is 5.32 Å². The van der Waals surface area contributed by atoms with Crippen LogP contribution in [0.1, 0.15) is 39.0 Å². The van der Waals surface area contributed by atoms with Gasteiger partial charge in [-0.3, -0.25) is 9.59 Å². The Kier molecular flexibility index (Phi) is 5.13. The summed E-state index contributed by atoms with van der Waals surface area (Å²) < 4.78 is 18.3. The fraction of sp³-hybridized carbons (Fsp3) is 0.235. The molecule has 2 aromatic rings. The highest BCUT2D eigenvalue weighted by Crippen LogP contribution is 2.19. The van der Waals surface area contributed by atoms with E-state index in [9.17, 15) is 18.8 Å². The number of aryl methyl sites for hydroxylation is 1. The maximum Gasteiger partial charge on any atom is 0.355 e. The van der Waals surface area contributed by atoms with E-state index in [2.05, 4.69) is 10.3 Å². The van der Waals surface area contributed by atoms with Gasteiger partial charge in [0, 0.05) is 11.3 Å². The van der Waals surface area contributed by atoms with Crippen molar-refractivity contribution in [3.63, 3.8) is 0 Å². The summed E-state index contributed by atoms with van der Waals surface area (Å²) in [6, 6.07) is 5.66. The van der Waals surface area contributed by atoms with E-state index in [0.717, 1.165) is 0 Å². The van der Waals surface area contributed by atoms with Crippen molar-refractivity contribution in [2.75, 3.05) is 11.9 Å². The lowest BCUT2D eigenvalue weighted by Gasteiger charge is -2.07. The summed E-state index contributed by atoms with van der Waals surface area (Å²) in [5.74, 6) is -2.18. The summed E-state index contributed by atoms with van der Waals surface area (Å²) >= 11 is 0. The van der Waals surface area contributed by atoms with Gasteiger partial charge in [0.05, 0.1) is 5.69 Å². The average molecular weight is 332 g/mol. The third-order valence-electron chi connectivity index (χ3n) is 3.48. The van der Waals surface area contributed by atoms with Gasteiger partial charge >= 0.3 is 5.97 Å². The van der Waals surface area contributed by atoms with Crippen molar-refractivity contribution in [2.45, 2.75) is 20.8 Å². The lowest BCUT2D eigenvalue weighted by molar-refractivity contribution is -0.119. The number of rotatable bonds is 5. The number of aromatic amines is 1. The van der Waals surface area contributed by atoms with Crippen molar-refractivity contribution in [1.29, 1.82) is 0 Å². The number of para-hydroxylation sites is 1. The zero-order valence-electron chi connectivity index (χ0n) is 13.5. The van der Waals surface area contributed by atoms with Gasteiger partial charge in [0.15, 0.2) is 12.4 Å². The predicted octanol–water partition coefficient (Wildman–Crippen LogP) is 2.77. The fourth-order valence-corrected chi connectivity index (χ4v) is 2.43. The number of hydrogen-bond acceptors (Lipinski definition) is 4. The van der Waals surface area contributed by atoms with Crippen molar-refractivity contribution < 1.29 is 23.5 Å². The molecule has 24 heavy (non-hydrogen) atoms. The van der Waals surface area contributed by atoms with Gasteiger partial charge in [-0.25, -0.2) is 9.18 Å². The maximum absolute atomic E-state index is 13.4. The molecular weight excluding hydrogens is 315 g/mol. The Morgan fingerprint density at radius 1 is 1.21 bits per heavy atom. The largest absolute Gasteiger partial charge is 0.451 e. The number of benzene rings is 1. The number of carbonyl (C=O) groups excluding carboxylic acids is 3. The topological polar surface area (TPSA) is 88.3 Å². The van der Waals surface area contributed by atoms with Crippen molar-refractivity contribution in [3.05, 3.63) is 52.6 Å². The first-order chi connectivity index (χ1) is 11.3. The van der Waals surface area contributed by atoms with E-state index < -0.39 is 24.3 Å². The first-order valence-corrected chi connectivity index (χ1v) is 7.23. The Morgan fingerprint density at radius 2 is 1.88 bits per heavy atom. The maximum atomic E-state index is 13.4. The van der Waals surface area contributed by atoms with E-state index in [-0.39, 0.29) is 17.2 Å². The first-order valence-electron chi connectivity index (χ1n) is 7.23. The van der Waals surface area contributed by atoms with Crippen LogP contribution in [-0.4, -0.2) is 29.3 Å². The van der Waals surface area contributed by atoms with E-state index in [1.165, 1.54) is 25.1 Å². The van der Waals surface area contributed by atoms with Gasteiger partial charge in [-0.1, -0.05) is 12.1 Å². The molecule has 0 saturated heterocycles. The second kappa shape index (κ2) is 7.08. The standard InChI is InChI=1S/C17H17FN2O4/c1-9-15(11(3)21)10(2)19-16(9)17(23)24-8-14(22)20-13-7-5-4-6-12(13)18/h4-7,19H,8H2,1-3H3,(H,20,22). The van der Waals surface area contributed by atoms with Crippen molar-refractivity contribution in [1.82, 2.24) is 4.98 Å². The molecule has 0 radical (unpaired) electrons. The molecule has 0 aliphatic rings. The molecule has 6 nitrogen and oxygen atoms in total. The molecule has 1 amide bonds. The highest BCUT2D eigenvalue weighted by molar-refractivity contribution is 6.01. The Morgan fingerprint density at radius 3 is 2.46 bits per heavy atom. The Hall–Kier alpha value is -2.96. The van der Waals surface area contributed by atoms with Crippen LogP contribution in [0.2, 0.25) is 0 Å². The van der Waals surface area contributed by atoms with Crippen LogP contribution in [0.15, 0.2) is 24.3 Å². The summed E-state index contributed by atoms with van der Waals surface area (Å²) in [5, 5.41) is 2.31. The minimum absolute atomic E-state index is 0.00399. The second-order valence-corrected chi connectivity index (χ2v) is 5.29. The number of halogens is 1. The number of anilines is 1. The van der Waals surface area contributed by atoms with Crippen LogP contribution in [0.25, 0.3) is 0 Å². The third kappa shape index (κ3) is 3.68. The number of Topliss-reactive ketones (excluding diaryl/α,β-unsaturated/α-hetero) is 1. The third-order valence-corrected chi connectivity index (χ3v) is 3.48. The quantitative estimate of drug-likeness (QED) is 0.651. The van der Waals surface area contributed by atoms with Crippen LogP contribution in [0.3, 0.4) is 0 Å². The van der Waals surface area contributed by atoms with Gasteiger partial charge < -0.3 is 15.0 Å². The molecule has 0 bridgehead atoms. The van der Waals surface area contributed by atoms with E-state index >= 15 is 0 Å². The zero-order chi connectivity index (χ0) is 17.9. The van der Waals surface area contributed by atoms with E-state index in [1.54, 1.807) is 19.9 Å². The molecule has 0 fully saturated rings. The number of carbonyl (C=O) groups is 3. The number of aromatic nitrogens is 1. The van der Waals surface area contributed by atoms with Crippen LogP contribution in [0.5, 0.6) is 0 Å². The predicted molar refractivity (Wildman–Crippen MR) is 85.6 cm³/mol. The summed E-state index contributed by atoms with van der Waals surface area (Å²) in [6.45, 7) is 4.13. The van der Waals surface area contributed by atoms with Gasteiger partial charge in [-0.05, 0) is 38.5 Å². The SMILES string of the molecule is CC(=O)c1c(C)[nH]c(C(=O)OCC(=O)Nc2ccccc2F)c1C. The summed E-state index contributed by atoms with van der Waals surface area (Å²) in [5.41, 5.74) is 1.58. The van der Waals surface area contributed by atoms with Gasteiger partial charge in [0.1, 0.15) is 11.5 Å². The van der Waals surface area contributed by atoms with Crippen LogP contribution in [-0.2, 0) is 9.53 Å². The number of ketones is 1. The number of amides is 1. The van der Waals surface area contributed by atoms with Gasteiger partial charge in [0.25, 0.3) is 5.91 Å². The fourth-order valence-electron chi connectivity index (χ4n) is 2.43. The average Bonchev–Trinajstić information content (AvgIpc) is 2.82. The summed E-state index contributed by atoms with van der Waals surface area (Å²) in [6.07, 6.45) is 0. The number of esters is 1. The molecule has 1 heterocycles. The minimum Gasteiger partial charge on any atom is -0.451 e. The van der Waals surface area contributed by atoms with Crippen LogP contribution in [0, 0.1) is 19.7 Å². The van der Waals surface area contributed by atoms with Crippen molar-refractivity contribution in [2.24, 2.45) is 0 Å². The highest BCUT2D eigenvalue weighted by atomic mass is 19.1. The summed E-state index contributed by atoms with van der Waals surface area (Å²) in [7, 11) is 0. The first kappa shape index (κ1) is 17.4. The number of nitrogens with one attached hydrogen (secondary N) is 2. The lowest BCUT2D eigenvalue weighted by atomic mass is 10.1. The van der Waals surface area contributed by atoms with Gasteiger partial charge in [-0.2, -0.15) is 0 Å². The molecule has 2 N–H and O–H groups in total. The molecule has 7 heteroatoms. The van der Waals surface area contributed by atoms with E-state index in [0.29, 0.717) is 16.8 Å². The summed E-state index contributed by atoms with van der Waals surface area (Å²) in [4.78, 5) is 38.1. The van der Waals surface area contributed by atoms with Gasteiger partial charge in [0.2, 0.25) is 0 Å². The molecule has 0 aliphatic carbocycles. The molecule has 0 aliphatic heterocycles. The number of H-pyrrole nitrogens is 1. The Balaban J connectivity index is 2.01. The molecule has 2 rings (SSSR count). The van der Waals surface area contributed by atoms with Crippen LogP contribution >= 0.6 is 0 Å². The van der Waals surface area contributed by atoms with Crippen LogP contribution in [0.4, 0.5) is 10.1 Å². The normalized spacial score (nSPS) is 10.3. The molecule has 0 unspecified atom stereocenters. The molecule has 0 atom stereocenters. The van der Waals surface area contributed by atoms with Gasteiger partial charge in [-0.15, -0.1) is 0 Å². The van der Waals surface area contributed by atoms with Crippen molar-refractivity contribution in [3.8, 4) is 0 Å². The molecule has 126 valence electrons. The molecule has 1 aromatic heterocycles. The van der Waals surface area contributed by atoms with E-state index in [1.807, 2.05) is 0 Å². The Labute approximate surface area is 138 Å². The smallest absolute Gasteiger partial charge is 0.355 e. The monoisotopic (exact) mass is 332 g/mol. The number of ether oxygens (including phenoxy) is 1. The second-order valence-electron chi connectivity index (χ2n) is 5.29. The molecule has 0 saturated carbocycles.